The molecule has 0 amide bonds. The second-order valence-electron chi connectivity index (χ2n) is 6.38. The molecule has 0 fully saturated rings. The Hall–Kier alpha value is -2.00. The van der Waals surface area contributed by atoms with E-state index < -0.39 is 0 Å². The summed E-state index contributed by atoms with van der Waals surface area (Å²) in [7, 11) is 9.27. The van der Waals surface area contributed by atoms with Crippen LogP contribution in [0.4, 0.5) is 0 Å². The molecule has 0 bridgehead atoms. The largest absolute Gasteiger partial charge is 0.497 e. The Morgan fingerprint density at radius 3 is 2.25 bits per heavy atom. The number of rotatable bonds is 8. The number of nitrogens with zero attached hydrogens (tertiary/aromatic N) is 2. The zero-order valence-corrected chi connectivity index (χ0v) is 19.6. The Labute approximate surface area is 185 Å². The molecule has 0 aromatic heterocycles. The molecular weight excluding hydrogens is 467 g/mol. The lowest BCUT2D eigenvalue weighted by Gasteiger charge is -2.27. The van der Waals surface area contributed by atoms with E-state index in [0.29, 0.717) is 13.1 Å². The highest BCUT2D eigenvalue weighted by Gasteiger charge is 2.18. The van der Waals surface area contributed by atoms with Crippen molar-refractivity contribution >= 4 is 29.9 Å². The molecule has 154 valence electrons. The predicted molar refractivity (Wildman–Crippen MR) is 126 cm³/mol. The molecule has 1 atom stereocenters. The van der Waals surface area contributed by atoms with E-state index in [1.807, 2.05) is 42.5 Å². The summed E-state index contributed by atoms with van der Waals surface area (Å²) < 4.78 is 10.7. The van der Waals surface area contributed by atoms with E-state index in [2.05, 4.69) is 40.7 Å². The fourth-order valence-electron chi connectivity index (χ4n) is 2.86. The summed E-state index contributed by atoms with van der Waals surface area (Å²) in [6.07, 6.45) is 0. The lowest BCUT2D eigenvalue weighted by atomic mass is 10.0. The number of nitrogens with one attached hydrogen (secondary N) is 2. The van der Waals surface area contributed by atoms with E-state index >= 15 is 0 Å². The lowest BCUT2D eigenvalue weighted by Crippen LogP contribution is -2.41. The van der Waals surface area contributed by atoms with Gasteiger partial charge in [0.1, 0.15) is 11.5 Å². The predicted octanol–water partition coefficient (Wildman–Crippen LogP) is 3.29. The van der Waals surface area contributed by atoms with Crippen LogP contribution in [-0.4, -0.2) is 52.8 Å². The number of likely N-dealkylation sites (N-methyl/N-ethyl adjacent to an activating group) is 1. The number of benzene rings is 2. The molecule has 0 saturated carbocycles. The van der Waals surface area contributed by atoms with Crippen LogP contribution in [0, 0.1) is 0 Å². The van der Waals surface area contributed by atoms with Crippen LogP contribution in [0.3, 0.4) is 0 Å². The van der Waals surface area contributed by atoms with Gasteiger partial charge < -0.3 is 25.0 Å². The van der Waals surface area contributed by atoms with Gasteiger partial charge in [0.25, 0.3) is 0 Å². The van der Waals surface area contributed by atoms with E-state index in [-0.39, 0.29) is 30.0 Å². The SMILES string of the molecule is CN=C(NCc1ccc(OC)cc1)NCC(c1ccccc1OC)N(C)C.I. The molecule has 2 N–H and O–H groups in total. The molecule has 2 rings (SSSR count). The lowest BCUT2D eigenvalue weighted by molar-refractivity contribution is 0.287. The molecule has 0 aliphatic heterocycles. The Morgan fingerprint density at radius 2 is 1.68 bits per heavy atom. The summed E-state index contributed by atoms with van der Waals surface area (Å²) in [5.74, 6) is 2.50. The molecule has 6 nitrogen and oxygen atoms in total. The van der Waals surface area contributed by atoms with Crippen molar-refractivity contribution in [3.8, 4) is 11.5 Å². The number of aliphatic imine (C=N–C) groups is 1. The average molecular weight is 498 g/mol. The number of halogens is 1. The topological polar surface area (TPSA) is 58.1 Å². The van der Waals surface area contributed by atoms with Gasteiger partial charge in [-0.1, -0.05) is 30.3 Å². The molecule has 7 heteroatoms. The number of hydrogen-bond acceptors (Lipinski definition) is 4. The molecule has 0 aliphatic carbocycles. The molecule has 28 heavy (non-hydrogen) atoms. The van der Waals surface area contributed by atoms with Gasteiger partial charge in [0.15, 0.2) is 5.96 Å². The van der Waals surface area contributed by atoms with Crippen molar-refractivity contribution in [1.29, 1.82) is 0 Å². The van der Waals surface area contributed by atoms with Gasteiger partial charge in [0.05, 0.1) is 20.3 Å². The van der Waals surface area contributed by atoms with Gasteiger partial charge in [-0.25, -0.2) is 0 Å². The van der Waals surface area contributed by atoms with Crippen molar-refractivity contribution in [3.63, 3.8) is 0 Å². The monoisotopic (exact) mass is 498 g/mol. The zero-order chi connectivity index (χ0) is 19.6. The maximum Gasteiger partial charge on any atom is 0.191 e. The summed E-state index contributed by atoms with van der Waals surface area (Å²) in [6.45, 7) is 1.39. The standard InChI is InChI=1S/C21H30N4O2.HI/c1-22-21(23-14-16-10-12-17(26-4)13-11-16)24-15-19(25(2)3)18-8-6-7-9-20(18)27-5;/h6-13,19H,14-15H2,1-5H3,(H2,22,23,24);1H. The average Bonchev–Trinajstić information content (AvgIpc) is 2.70. The molecule has 2 aromatic rings. The number of hydrogen-bond donors (Lipinski definition) is 2. The van der Waals surface area contributed by atoms with Gasteiger partial charge in [0.2, 0.25) is 0 Å². The van der Waals surface area contributed by atoms with Crippen LogP contribution >= 0.6 is 24.0 Å². The summed E-state index contributed by atoms with van der Waals surface area (Å²) in [6, 6.07) is 16.2. The first-order valence-corrected chi connectivity index (χ1v) is 8.95. The molecule has 0 heterocycles. The maximum atomic E-state index is 5.52. The van der Waals surface area contributed by atoms with E-state index in [1.54, 1.807) is 21.3 Å². The molecular formula is C21H31IN4O2. The summed E-state index contributed by atoms with van der Waals surface area (Å²) >= 11 is 0. The minimum atomic E-state index is 0. The molecule has 0 spiro atoms. The van der Waals surface area contributed by atoms with Gasteiger partial charge in [-0.05, 0) is 37.9 Å². The molecule has 0 radical (unpaired) electrons. The Bertz CT molecular complexity index is 735. The van der Waals surface area contributed by atoms with Crippen molar-refractivity contribution in [2.24, 2.45) is 4.99 Å². The van der Waals surface area contributed by atoms with Crippen LogP contribution in [0.2, 0.25) is 0 Å². The highest BCUT2D eigenvalue weighted by molar-refractivity contribution is 14.0. The fourth-order valence-corrected chi connectivity index (χ4v) is 2.86. The third-order valence-corrected chi connectivity index (χ3v) is 4.43. The molecule has 0 aliphatic rings. The fraction of sp³-hybridized carbons (Fsp3) is 0.381. The first kappa shape index (κ1) is 24.0. The minimum Gasteiger partial charge on any atom is -0.497 e. The third kappa shape index (κ3) is 6.87. The van der Waals surface area contributed by atoms with E-state index in [4.69, 9.17) is 9.47 Å². The normalized spacial score (nSPS) is 12.1. The van der Waals surface area contributed by atoms with Crippen molar-refractivity contribution in [3.05, 3.63) is 59.7 Å². The number of guanidine groups is 1. The second kappa shape index (κ2) is 12.5. The maximum absolute atomic E-state index is 5.52. The van der Waals surface area contributed by atoms with Crippen LogP contribution < -0.4 is 20.1 Å². The van der Waals surface area contributed by atoms with Crippen LogP contribution in [0.15, 0.2) is 53.5 Å². The highest BCUT2D eigenvalue weighted by atomic mass is 127. The van der Waals surface area contributed by atoms with Gasteiger partial charge in [-0.2, -0.15) is 0 Å². The van der Waals surface area contributed by atoms with Crippen molar-refractivity contribution < 1.29 is 9.47 Å². The second-order valence-corrected chi connectivity index (χ2v) is 6.38. The first-order chi connectivity index (χ1) is 13.1. The molecule has 1 unspecified atom stereocenters. The van der Waals surface area contributed by atoms with Gasteiger partial charge in [0, 0.05) is 25.7 Å². The van der Waals surface area contributed by atoms with Gasteiger partial charge in [-0.15, -0.1) is 24.0 Å². The van der Waals surface area contributed by atoms with E-state index in [1.165, 1.54) is 0 Å². The van der Waals surface area contributed by atoms with E-state index in [9.17, 15) is 0 Å². The first-order valence-electron chi connectivity index (χ1n) is 8.95. The Balaban J connectivity index is 0.00000392. The number of ether oxygens (including phenoxy) is 2. The Morgan fingerprint density at radius 1 is 1.00 bits per heavy atom. The van der Waals surface area contributed by atoms with Crippen molar-refractivity contribution in [2.75, 3.05) is 41.9 Å². The highest BCUT2D eigenvalue weighted by Crippen LogP contribution is 2.27. The summed E-state index contributed by atoms with van der Waals surface area (Å²) in [5, 5.41) is 6.76. The van der Waals surface area contributed by atoms with Crippen LogP contribution in [0.1, 0.15) is 17.2 Å². The molecule has 0 saturated heterocycles. The van der Waals surface area contributed by atoms with Crippen LogP contribution in [0.25, 0.3) is 0 Å². The minimum absolute atomic E-state index is 0. The van der Waals surface area contributed by atoms with Gasteiger partial charge in [-0.3, -0.25) is 4.99 Å². The number of para-hydroxylation sites is 1. The van der Waals surface area contributed by atoms with E-state index in [0.717, 1.165) is 28.6 Å². The van der Waals surface area contributed by atoms with Gasteiger partial charge >= 0.3 is 0 Å². The van der Waals surface area contributed by atoms with Crippen LogP contribution in [0.5, 0.6) is 11.5 Å². The summed E-state index contributed by atoms with van der Waals surface area (Å²) in [4.78, 5) is 6.49. The molecule has 2 aromatic carbocycles. The number of methoxy groups -OCH3 is 2. The smallest absolute Gasteiger partial charge is 0.191 e. The zero-order valence-electron chi connectivity index (χ0n) is 17.2. The summed E-state index contributed by atoms with van der Waals surface area (Å²) in [5.41, 5.74) is 2.30. The van der Waals surface area contributed by atoms with Crippen molar-refractivity contribution in [2.45, 2.75) is 12.6 Å². The third-order valence-electron chi connectivity index (χ3n) is 4.43. The Kier molecular flexibility index (Phi) is 10.7. The quantitative estimate of drug-likeness (QED) is 0.333. The van der Waals surface area contributed by atoms with Crippen molar-refractivity contribution in [1.82, 2.24) is 15.5 Å². The van der Waals surface area contributed by atoms with Crippen LogP contribution in [-0.2, 0) is 6.54 Å².